The first kappa shape index (κ1) is 13.1. The molecule has 2 unspecified atom stereocenters. The molecule has 0 aromatic heterocycles. The summed E-state index contributed by atoms with van der Waals surface area (Å²) >= 11 is 0. The van der Waals surface area contributed by atoms with Crippen molar-refractivity contribution < 1.29 is 4.79 Å². The fourth-order valence-corrected chi connectivity index (χ4v) is 6.12. The molecule has 1 heterocycles. The molecule has 5 rings (SSSR count). The standard InChI is InChI=1S/C17H28N2O/c1-11(19-15-3-2-4-18-16(15)20)17-8-12-5-13(9-17)7-14(6-12)10-17/h11-15,19H,2-10H2,1H3,(H,18,20). The number of hydrogen-bond donors (Lipinski definition) is 2. The van der Waals surface area contributed by atoms with Crippen molar-refractivity contribution in [2.75, 3.05) is 6.54 Å². The lowest BCUT2D eigenvalue weighted by atomic mass is 9.48. The van der Waals surface area contributed by atoms with Gasteiger partial charge >= 0.3 is 0 Å². The van der Waals surface area contributed by atoms with Gasteiger partial charge in [-0.15, -0.1) is 0 Å². The van der Waals surface area contributed by atoms with Crippen molar-refractivity contribution in [3.05, 3.63) is 0 Å². The van der Waals surface area contributed by atoms with Crippen LogP contribution in [-0.2, 0) is 4.79 Å². The molecule has 0 spiro atoms. The average Bonchev–Trinajstić information content (AvgIpc) is 2.40. The van der Waals surface area contributed by atoms with Gasteiger partial charge in [0.05, 0.1) is 6.04 Å². The monoisotopic (exact) mass is 276 g/mol. The van der Waals surface area contributed by atoms with Crippen LogP contribution in [0.2, 0.25) is 0 Å². The van der Waals surface area contributed by atoms with Crippen LogP contribution in [0.5, 0.6) is 0 Å². The molecule has 5 aliphatic rings. The Hall–Kier alpha value is -0.570. The Kier molecular flexibility index (Phi) is 3.10. The van der Waals surface area contributed by atoms with Crippen molar-refractivity contribution in [3.8, 4) is 0 Å². The highest BCUT2D eigenvalue weighted by Crippen LogP contribution is 2.61. The van der Waals surface area contributed by atoms with E-state index < -0.39 is 0 Å². The van der Waals surface area contributed by atoms with Gasteiger partial charge in [0, 0.05) is 12.6 Å². The molecule has 0 radical (unpaired) electrons. The summed E-state index contributed by atoms with van der Waals surface area (Å²) in [5, 5.41) is 6.72. The first-order valence-corrected chi connectivity index (χ1v) is 8.68. The second-order valence-electron chi connectivity index (χ2n) is 8.15. The average molecular weight is 276 g/mol. The number of rotatable bonds is 3. The van der Waals surface area contributed by atoms with Crippen molar-refractivity contribution in [1.29, 1.82) is 0 Å². The molecule has 4 aliphatic carbocycles. The normalized spacial score (nSPS) is 48.1. The molecule has 0 aromatic carbocycles. The predicted octanol–water partition coefficient (Wildman–Crippen LogP) is 2.46. The van der Waals surface area contributed by atoms with Crippen LogP contribution in [0.4, 0.5) is 0 Å². The minimum absolute atomic E-state index is 0.0618. The summed E-state index contributed by atoms with van der Waals surface area (Å²) in [4.78, 5) is 12.0. The van der Waals surface area contributed by atoms with Crippen molar-refractivity contribution >= 4 is 5.91 Å². The van der Waals surface area contributed by atoms with Crippen molar-refractivity contribution in [2.45, 2.75) is 70.4 Å². The Balaban J connectivity index is 1.47. The minimum atomic E-state index is 0.0618. The third kappa shape index (κ3) is 2.09. The summed E-state index contributed by atoms with van der Waals surface area (Å²) in [5.41, 5.74) is 0.506. The summed E-state index contributed by atoms with van der Waals surface area (Å²) < 4.78 is 0. The van der Waals surface area contributed by atoms with E-state index in [2.05, 4.69) is 17.6 Å². The fourth-order valence-electron chi connectivity index (χ4n) is 6.12. The SMILES string of the molecule is CC(NC1CCCNC1=O)C12CC3CC(CC(C3)C1)C2. The lowest BCUT2D eigenvalue weighted by molar-refractivity contribution is -0.126. The zero-order valence-electron chi connectivity index (χ0n) is 12.7. The van der Waals surface area contributed by atoms with Gasteiger partial charge in [0.15, 0.2) is 0 Å². The number of carbonyl (C=O) groups excluding carboxylic acids is 1. The molecular weight excluding hydrogens is 248 g/mol. The van der Waals surface area contributed by atoms with Crippen LogP contribution in [0.1, 0.15) is 58.3 Å². The summed E-state index contributed by atoms with van der Waals surface area (Å²) in [5.74, 6) is 3.20. The van der Waals surface area contributed by atoms with E-state index in [4.69, 9.17) is 0 Å². The molecule has 0 aromatic rings. The van der Waals surface area contributed by atoms with Crippen LogP contribution in [-0.4, -0.2) is 24.5 Å². The Morgan fingerprint density at radius 1 is 1.15 bits per heavy atom. The molecule has 3 nitrogen and oxygen atoms in total. The first-order chi connectivity index (χ1) is 9.64. The molecule has 3 heteroatoms. The topological polar surface area (TPSA) is 41.1 Å². The Morgan fingerprint density at radius 2 is 1.75 bits per heavy atom. The van der Waals surface area contributed by atoms with Crippen molar-refractivity contribution in [3.63, 3.8) is 0 Å². The lowest BCUT2D eigenvalue weighted by Crippen LogP contribution is -2.59. The van der Waals surface area contributed by atoms with E-state index in [1.165, 1.54) is 38.5 Å². The number of piperidine rings is 1. The van der Waals surface area contributed by atoms with Gasteiger partial charge in [-0.25, -0.2) is 0 Å². The van der Waals surface area contributed by atoms with Gasteiger partial charge in [0.25, 0.3) is 0 Å². The molecular formula is C17H28N2O. The number of carbonyl (C=O) groups is 1. The van der Waals surface area contributed by atoms with Crippen LogP contribution >= 0.6 is 0 Å². The summed E-state index contributed by atoms with van der Waals surface area (Å²) in [7, 11) is 0. The molecule has 4 saturated carbocycles. The smallest absolute Gasteiger partial charge is 0.237 e. The molecule has 1 amide bonds. The zero-order chi connectivity index (χ0) is 13.7. The van der Waals surface area contributed by atoms with Gasteiger partial charge in [0.1, 0.15) is 0 Å². The first-order valence-electron chi connectivity index (χ1n) is 8.68. The third-order valence-corrected chi connectivity index (χ3v) is 6.74. The van der Waals surface area contributed by atoms with Crippen molar-refractivity contribution in [1.82, 2.24) is 10.6 Å². The molecule has 5 fully saturated rings. The van der Waals surface area contributed by atoms with Crippen LogP contribution in [0.3, 0.4) is 0 Å². The highest BCUT2D eigenvalue weighted by molar-refractivity contribution is 5.82. The summed E-state index contributed by atoms with van der Waals surface area (Å²) in [6.45, 7) is 3.22. The van der Waals surface area contributed by atoms with Gasteiger partial charge in [-0.2, -0.15) is 0 Å². The highest BCUT2D eigenvalue weighted by atomic mass is 16.2. The molecule has 112 valence electrons. The maximum Gasteiger partial charge on any atom is 0.237 e. The second-order valence-corrected chi connectivity index (χ2v) is 8.15. The van der Waals surface area contributed by atoms with Crippen LogP contribution in [0.15, 0.2) is 0 Å². The van der Waals surface area contributed by atoms with Gasteiger partial charge in [0.2, 0.25) is 5.91 Å². The van der Waals surface area contributed by atoms with E-state index in [0.29, 0.717) is 11.5 Å². The van der Waals surface area contributed by atoms with Gasteiger partial charge < -0.3 is 10.6 Å². The van der Waals surface area contributed by atoms with E-state index in [1.54, 1.807) is 0 Å². The lowest BCUT2D eigenvalue weighted by Gasteiger charge is -2.59. The van der Waals surface area contributed by atoms with Gasteiger partial charge in [-0.05, 0) is 81.5 Å². The Morgan fingerprint density at radius 3 is 2.30 bits per heavy atom. The van der Waals surface area contributed by atoms with E-state index >= 15 is 0 Å². The van der Waals surface area contributed by atoms with Crippen LogP contribution < -0.4 is 10.6 Å². The van der Waals surface area contributed by atoms with Gasteiger partial charge in [-0.3, -0.25) is 4.79 Å². The molecule has 1 saturated heterocycles. The van der Waals surface area contributed by atoms with Crippen LogP contribution in [0, 0.1) is 23.2 Å². The molecule has 4 bridgehead atoms. The number of amides is 1. The summed E-state index contributed by atoms with van der Waals surface area (Å²) in [6.07, 6.45) is 10.9. The minimum Gasteiger partial charge on any atom is -0.355 e. The number of nitrogens with one attached hydrogen (secondary N) is 2. The Bertz CT molecular complexity index is 371. The van der Waals surface area contributed by atoms with E-state index in [0.717, 1.165) is 37.1 Å². The Labute approximate surface area is 122 Å². The second kappa shape index (κ2) is 4.72. The molecule has 2 atom stereocenters. The largest absolute Gasteiger partial charge is 0.355 e. The maximum atomic E-state index is 12.0. The zero-order valence-corrected chi connectivity index (χ0v) is 12.7. The number of hydrogen-bond acceptors (Lipinski definition) is 2. The maximum absolute atomic E-state index is 12.0. The quantitative estimate of drug-likeness (QED) is 0.831. The van der Waals surface area contributed by atoms with E-state index in [1.807, 2.05) is 0 Å². The highest BCUT2D eigenvalue weighted by Gasteiger charge is 2.53. The third-order valence-electron chi connectivity index (χ3n) is 6.74. The molecule has 20 heavy (non-hydrogen) atoms. The summed E-state index contributed by atoms with van der Waals surface area (Å²) in [6, 6.07) is 0.566. The van der Waals surface area contributed by atoms with Gasteiger partial charge in [-0.1, -0.05) is 0 Å². The molecule has 1 aliphatic heterocycles. The predicted molar refractivity (Wildman–Crippen MR) is 79.2 cm³/mol. The van der Waals surface area contributed by atoms with Crippen LogP contribution in [0.25, 0.3) is 0 Å². The molecule has 2 N–H and O–H groups in total. The van der Waals surface area contributed by atoms with E-state index in [-0.39, 0.29) is 11.9 Å². The fraction of sp³-hybridized carbons (Fsp3) is 0.941. The van der Waals surface area contributed by atoms with E-state index in [9.17, 15) is 4.79 Å². The van der Waals surface area contributed by atoms with Crippen molar-refractivity contribution in [2.24, 2.45) is 23.2 Å².